The van der Waals surface area contributed by atoms with Crippen molar-refractivity contribution in [3.8, 4) is 5.75 Å². The van der Waals surface area contributed by atoms with Crippen LogP contribution in [0.5, 0.6) is 5.75 Å². The second-order valence-electron chi connectivity index (χ2n) is 5.42. The van der Waals surface area contributed by atoms with E-state index in [9.17, 15) is 18.0 Å². The molecule has 0 radical (unpaired) electrons. The van der Waals surface area contributed by atoms with Crippen LogP contribution in [0.4, 0.5) is 23.7 Å². The van der Waals surface area contributed by atoms with Crippen molar-refractivity contribution in [3.63, 3.8) is 0 Å². The van der Waals surface area contributed by atoms with Gasteiger partial charge in [-0.2, -0.15) is 13.2 Å². The fourth-order valence-corrected chi connectivity index (χ4v) is 2.77. The molecule has 0 aromatic heterocycles. The number of ether oxygens (including phenoxy) is 1. The molecule has 0 saturated carbocycles. The van der Waals surface area contributed by atoms with Crippen LogP contribution in [-0.4, -0.2) is 25.9 Å². The number of nitrogens with zero attached hydrogens (tertiary/aromatic N) is 1. The van der Waals surface area contributed by atoms with Crippen molar-refractivity contribution < 1.29 is 22.7 Å². The minimum atomic E-state index is -4.49. The largest absolute Gasteiger partial charge is 0.497 e. The Balaban J connectivity index is 2.10. The second kappa shape index (κ2) is 6.07. The molecule has 4 nitrogen and oxygen atoms in total. The first-order valence-electron chi connectivity index (χ1n) is 7.27. The number of carbonyl (C=O) groups is 1. The van der Waals surface area contributed by atoms with Gasteiger partial charge in [-0.25, -0.2) is 4.79 Å². The van der Waals surface area contributed by atoms with E-state index in [0.29, 0.717) is 16.2 Å². The summed E-state index contributed by atoms with van der Waals surface area (Å²) >= 11 is 0. The van der Waals surface area contributed by atoms with E-state index < -0.39 is 24.8 Å². The fourth-order valence-electron chi connectivity index (χ4n) is 2.77. The van der Waals surface area contributed by atoms with Crippen LogP contribution >= 0.6 is 0 Å². The van der Waals surface area contributed by atoms with E-state index in [1.165, 1.54) is 13.2 Å². The topological polar surface area (TPSA) is 41.6 Å². The number of urea groups is 1. The molecule has 1 atom stereocenters. The van der Waals surface area contributed by atoms with Crippen molar-refractivity contribution >= 4 is 11.7 Å². The molecule has 2 amide bonds. The average Bonchev–Trinajstić information content (AvgIpc) is 2.56. The lowest BCUT2D eigenvalue weighted by Gasteiger charge is -2.35. The Morgan fingerprint density at radius 1 is 1.17 bits per heavy atom. The lowest BCUT2D eigenvalue weighted by molar-refractivity contribution is -0.118. The van der Waals surface area contributed by atoms with Crippen molar-refractivity contribution in [3.05, 3.63) is 59.7 Å². The predicted molar refractivity (Wildman–Crippen MR) is 83.2 cm³/mol. The van der Waals surface area contributed by atoms with Crippen LogP contribution < -0.4 is 15.0 Å². The van der Waals surface area contributed by atoms with Gasteiger partial charge in [0.15, 0.2) is 0 Å². The molecule has 1 unspecified atom stereocenters. The lowest BCUT2D eigenvalue weighted by Crippen LogP contribution is -2.50. The van der Waals surface area contributed by atoms with Crippen LogP contribution in [0.3, 0.4) is 0 Å². The van der Waals surface area contributed by atoms with Gasteiger partial charge in [0.2, 0.25) is 0 Å². The van der Waals surface area contributed by atoms with E-state index in [4.69, 9.17) is 4.74 Å². The first-order chi connectivity index (χ1) is 11.4. The summed E-state index contributed by atoms with van der Waals surface area (Å²) in [5, 5.41) is 2.64. The van der Waals surface area contributed by atoms with Gasteiger partial charge < -0.3 is 10.1 Å². The summed E-state index contributed by atoms with van der Waals surface area (Å²) in [4.78, 5) is 13.0. The molecule has 1 heterocycles. The van der Waals surface area contributed by atoms with E-state index in [2.05, 4.69) is 5.32 Å². The van der Waals surface area contributed by atoms with Crippen LogP contribution in [0.25, 0.3) is 0 Å². The van der Waals surface area contributed by atoms with Crippen LogP contribution in [0.15, 0.2) is 48.5 Å². The number of alkyl halides is 3. The van der Waals surface area contributed by atoms with Gasteiger partial charge in [-0.1, -0.05) is 30.3 Å². The summed E-state index contributed by atoms with van der Waals surface area (Å²) in [5.41, 5.74) is 1.57. The number of rotatable bonds is 3. The zero-order valence-electron chi connectivity index (χ0n) is 12.8. The Kier molecular flexibility index (Phi) is 4.09. The highest BCUT2D eigenvalue weighted by Crippen LogP contribution is 2.38. The Labute approximate surface area is 136 Å². The molecule has 1 aliphatic heterocycles. The van der Waals surface area contributed by atoms with Gasteiger partial charge >= 0.3 is 12.2 Å². The normalized spacial score (nSPS) is 17.2. The number of nitrogens with one attached hydrogen (secondary N) is 1. The second-order valence-corrected chi connectivity index (χ2v) is 5.42. The standard InChI is InChI=1S/C17H15F3N2O2/c1-24-12-7-8-14-13(9-12)15(11-5-3-2-4-6-11)21-16(23)22(14)10-17(18,19)20/h2-9,15H,10H2,1H3,(H,21,23). The van der Waals surface area contributed by atoms with E-state index in [-0.39, 0.29) is 5.69 Å². The third kappa shape index (κ3) is 3.15. The van der Waals surface area contributed by atoms with Crippen molar-refractivity contribution in [2.75, 3.05) is 18.6 Å². The Hall–Kier alpha value is -2.70. The molecule has 0 aliphatic carbocycles. The third-order valence-corrected chi connectivity index (χ3v) is 3.82. The highest BCUT2D eigenvalue weighted by molar-refractivity contribution is 5.96. The Bertz CT molecular complexity index is 747. The van der Waals surface area contributed by atoms with Gasteiger partial charge in [-0.3, -0.25) is 4.90 Å². The minimum Gasteiger partial charge on any atom is -0.497 e. The van der Waals surface area contributed by atoms with Crippen LogP contribution in [-0.2, 0) is 0 Å². The molecule has 0 spiro atoms. The molecule has 2 aromatic rings. The minimum absolute atomic E-state index is 0.228. The number of benzene rings is 2. The third-order valence-electron chi connectivity index (χ3n) is 3.82. The molecule has 1 N–H and O–H groups in total. The molecule has 1 aliphatic rings. The lowest BCUT2D eigenvalue weighted by atomic mass is 9.94. The molecule has 3 rings (SSSR count). The number of anilines is 1. The van der Waals surface area contributed by atoms with E-state index in [0.717, 1.165) is 5.56 Å². The van der Waals surface area contributed by atoms with Gasteiger partial charge in [0.25, 0.3) is 0 Å². The molecule has 0 saturated heterocycles. The Morgan fingerprint density at radius 2 is 1.88 bits per heavy atom. The monoisotopic (exact) mass is 336 g/mol. The van der Waals surface area contributed by atoms with Crippen LogP contribution in [0.2, 0.25) is 0 Å². The zero-order valence-corrected chi connectivity index (χ0v) is 12.8. The van der Waals surface area contributed by atoms with E-state index in [1.807, 2.05) is 30.3 Å². The van der Waals surface area contributed by atoms with Crippen molar-refractivity contribution in [1.82, 2.24) is 5.32 Å². The summed E-state index contributed by atoms with van der Waals surface area (Å²) in [6, 6.07) is 12.4. The zero-order chi connectivity index (χ0) is 17.3. The molecular formula is C17H15F3N2O2. The summed E-state index contributed by atoms with van der Waals surface area (Å²) in [7, 11) is 1.48. The summed E-state index contributed by atoms with van der Waals surface area (Å²) in [6.07, 6.45) is -4.49. The first-order valence-corrected chi connectivity index (χ1v) is 7.27. The fraction of sp³-hybridized carbons (Fsp3) is 0.235. The van der Waals surface area contributed by atoms with Crippen molar-refractivity contribution in [2.45, 2.75) is 12.2 Å². The molecule has 0 fully saturated rings. The summed E-state index contributed by atoms with van der Waals surface area (Å²) in [5.74, 6) is 0.512. The number of halogens is 3. The van der Waals surface area contributed by atoms with Crippen molar-refractivity contribution in [2.24, 2.45) is 0 Å². The van der Waals surface area contributed by atoms with Gasteiger partial charge in [0, 0.05) is 5.56 Å². The first kappa shape index (κ1) is 16.2. The maximum Gasteiger partial charge on any atom is 0.406 e. The highest BCUT2D eigenvalue weighted by Gasteiger charge is 2.39. The maximum atomic E-state index is 12.8. The maximum absolute atomic E-state index is 12.8. The molecule has 24 heavy (non-hydrogen) atoms. The Morgan fingerprint density at radius 3 is 2.50 bits per heavy atom. The molecular weight excluding hydrogens is 321 g/mol. The number of fused-ring (bicyclic) bond motifs is 1. The van der Waals surface area contributed by atoms with E-state index in [1.54, 1.807) is 12.1 Å². The van der Waals surface area contributed by atoms with Gasteiger partial charge in [-0.05, 0) is 23.8 Å². The van der Waals surface area contributed by atoms with Gasteiger partial charge in [0.05, 0.1) is 18.8 Å². The van der Waals surface area contributed by atoms with Crippen molar-refractivity contribution in [1.29, 1.82) is 0 Å². The van der Waals surface area contributed by atoms with Crippen LogP contribution in [0, 0.1) is 0 Å². The predicted octanol–water partition coefficient (Wildman–Crippen LogP) is 3.88. The molecule has 7 heteroatoms. The number of amides is 2. The molecule has 0 bridgehead atoms. The quantitative estimate of drug-likeness (QED) is 0.924. The average molecular weight is 336 g/mol. The molecule has 126 valence electrons. The van der Waals surface area contributed by atoms with Gasteiger partial charge in [-0.15, -0.1) is 0 Å². The molecule has 2 aromatic carbocycles. The number of hydrogen-bond acceptors (Lipinski definition) is 2. The highest BCUT2D eigenvalue weighted by atomic mass is 19.4. The van der Waals surface area contributed by atoms with Gasteiger partial charge in [0.1, 0.15) is 12.3 Å². The SMILES string of the molecule is COc1ccc2c(c1)C(c1ccccc1)NC(=O)N2CC(F)(F)F. The number of hydrogen-bond donors (Lipinski definition) is 1. The van der Waals surface area contributed by atoms with Crippen LogP contribution in [0.1, 0.15) is 17.2 Å². The summed E-state index contributed by atoms with van der Waals surface area (Å²) < 4.78 is 43.7. The van der Waals surface area contributed by atoms with E-state index >= 15 is 0 Å². The number of carbonyl (C=O) groups excluding carboxylic acids is 1. The number of methoxy groups -OCH3 is 1. The summed E-state index contributed by atoms with van der Waals surface area (Å²) in [6.45, 7) is -1.35. The smallest absolute Gasteiger partial charge is 0.406 e.